The van der Waals surface area contributed by atoms with Crippen LogP contribution in [0.4, 0.5) is 0 Å². The highest BCUT2D eigenvalue weighted by molar-refractivity contribution is 7.90. The van der Waals surface area contributed by atoms with E-state index in [1.54, 1.807) is 30.3 Å². The zero-order valence-electron chi connectivity index (χ0n) is 10.6. The van der Waals surface area contributed by atoms with Crippen molar-refractivity contribution in [3.8, 4) is 11.5 Å². The number of aromatic carboxylic acids is 1. The molecule has 2 aromatic carbocycles. The van der Waals surface area contributed by atoms with Gasteiger partial charge in [-0.05, 0) is 30.3 Å². The van der Waals surface area contributed by atoms with Crippen molar-refractivity contribution in [3.63, 3.8) is 0 Å². The number of rotatable bonds is 4. The van der Waals surface area contributed by atoms with E-state index in [1.165, 1.54) is 12.1 Å². The molecule has 0 aliphatic carbocycles. The van der Waals surface area contributed by atoms with Crippen LogP contribution in [0.3, 0.4) is 0 Å². The molecule has 5 nitrogen and oxygen atoms in total. The van der Waals surface area contributed by atoms with Gasteiger partial charge >= 0.3 is 5.97 Å². The van der Waals surface area contributed by atoms with Crippen molar-refractivity contribution in [1.82, 2.24) is 0 Å². The van der Waals surface area contributed by atoms with Gasteiger partial charge in [-0.25, -0.2) is 13.2 Å². The van der Waals surface area contributed by atoms with Crippen LogP contribution in [0.25, 0.3) is 0 Å². The molecule has 0 atom stereocenters. The molecule has 0 aliphatic rings. The predicted molar refractivity (Wildman–Crippen MR) is 73.0 cm³/mol. The fraction of sp³-hybridized carbons (Fsp3) is 0.0714. The molecule has 0 bridgehead atoms. The molecule has 20 heavy (non-hydrogen) atoms. The van der Waals surface area contributed by atoms with Crippen molar-refractivity contribution in [2.75, 3.05) is 6.26 Å². The molecule has 2 aromatic rings. The van der Waals surface area contributed by atoms with Crippen molar-refractivity contribution >= 4 is 15.8 Å². The van der Waals surface area contributed by atoms with Crippen LogP contribution in [0.15, 0.2) is 53.4 Å². The van der Waals surface area contributed by atoms with E-state index in [0.29, 0.717) is 5.75 Å². The number of ether oxygens (including phenoxy) is 1. The molecule has 0 spiro atoms. The largest absolute Gasteiger partial charge is 0.478 e. The number of hydrogen-bond donors (Lipinski definition) is 1. The number of carbonyl (C=O) groups is 1. The summed E-state index contributed by atoms with van der Waals surface area (Å²) < 4.78 is 29.0. The van der Waals surface area contributed by atoms with Crippen LogP contribution in [0.2, 0.25) is 0 Å². The molecule has 6 heteroatoms. The molecule has 2 rings (SSSR count). The van der Waals surface area contributed by atoms with Gasteiger partial charge in [-0.15, -0.1) is 0 Å². The smallest absolute Gasteiger partial charge is 0.335 e. The second kappa shape index (κ2) is 5.34. The molecule has 0 heterocycles. The van der Waals surface area contributed by atoms with Crippen LogP contribution in [-0.4, -0.2) is 25.7 Å². The normalized spacial score (nSPS) is 11.1. The predicted octanol–water partition coefficient (Wildman–Crippen LogP) is 2.58. The number of carboxylic acid groups (broad SMARTS) is 1. The number of para-hydroxylation sites is 1. The van der Waals surface area contributed by atoms with E-state index in [0.717, 1.165) is 12.3 Å². The van der Waals surface area contributed by atoms with E-state index in [-0.39, 0.29) is 16.2 Å². The van der Waals surface area contributed by atoms with E-state index in [9.17, 15) is 13.2 Å². The molecule has 104 valence electrons. The Bertz CT molecular complexity index is 735. The Morgan fingerprint density at radius 2 is 1.75 bits per heavy atom. The Labute approximate surface area is 116 Å². The van der Waals surface area contributed by atoms with E-state index in [2.05, 4.69) is 0 Å². The Hall–Kier alpha value is -2.34. The van der Waals surface area contributed by atoms with Crippen molar-refractivity contribution in [3.05, 3.63) is 54.1 Å². The lowest BCUT2D eigenvalue weighted by atomic mass is 10.2. The standard InChI is InChI=1S/C14H12O5S/c1-20(17,18)13-9-10(14(15)16)7-8-12(13)19-11-5-3-2-4-6-11/h2-9H,1H3,(H,15,16). The Morgan fingerprint density at radius 3 is 2.30 bits per heavy atom. The third-order valence-corrected chi connectivity index (χ3v) is 3.68. The minimum Gasteiger partial charge on any atom is -0.478 e. The van der Waals surface area contributed by atoms with Gasteiger partial charge in [0.05, 0.1) is 5.56 Å². The van der Waals surface area contributed by atoms with Gasteiger partial charge in [0.2, 0.25) is 0 Å². The average molecular weight is 292 g/mol. The fourth-order valence-electron chi connectivity index (χ4n) is 1.63. The minimum absolute atomic E-state index is 0.101. The van der Waals surface area contributed by atoms with E-state index >= 15 is 0 Å². The summed E-state index contributed by atoms with van der Waals surface area (Å²) in [6.45, 7) is 0. The zero-order valence-corrected chi connectivity index (χ0v) is 11.4. The monoisotopic (exact) mass is 292 g/mol. The fourth-order valence-corrected chi connectivity index (χ4v) is 2.45. The number of carboxylic acids is 1. The highest BCUT2D eigenvalue weighted by atomic mass is 32.2. The molecule has 0 aromatic heterocycles. The Morgan fingerprint density at radius 1 is 1.10 bits per heavy atom. The molecule has 0 fully saturated rings. The highest BCUT2D eigenvalue weighted by Gasteiger charge is 2.18. The molecule has 0 aliphatic heterocycles. The van der Waals surface area contributed by atoms with E-state index in [4.69, 9.17) is 9.84 Å². The highest BCUT2D eigenvalue weighted by Crippen LogP contribution is 2.29. The van der Waals surface area contributed by atoms with Gasteiger partial charge in [0, 0.05) is 6.26 Å². The van der Waals surface area contributed by atoms with Crippen LogP contribution >= 0.6 is 0 Å². The van der Waals surface area contributed by atoms with Crippen LogP contribution in [-0.2, 0) is 9.84 Å². The SMILES string of the molecule is CS(=O)(=O)c1cc(C(=O)O)ccc1Oc1ccccc1. The van der Waals surface area contributed by atoms with E-state index in [1.807, 2.05) is 0 Å². The van der Waals surface area contributed by atoms with Gasteiger partial charge in [-0.3, -0.25) is 0 Å². The lowest BCUT2D eigenvalue weighted by Crippen LogP contribution is -2.04. The van der Waals surface area contributed by atoms with Gasteiger partial charge in [-0.1, -0.05) is 18.2 Å². The molecule has 0 unspecified atom stereocenters. The molecular weight excluding hydrogens is 280 g/mol. The third-order valence-electron chi connectivity index (χ3n) is 2.56. The first-order chi connectivity index (χ1) is 9.38. The maximum absolute atomic E-state index is 11.7. The molecule has 0 saturated carbocycles. The summed E-state index contributed by atoms with van der Waals surface area (Å²) in [6, 6.07) is 12.4. The summed E-state index contributed by atoms with van der Waals surface area (Å²) in [5, 5.41) is 8.92. The molecular formula is C14H12O5S. The van der Waals surface area contributed by atoms with Gasteiger partial charge in [0.15, 0.2) is 9.84 Å². The van der Waals surface area contributed by atoms with Crippen LogP contribution in [0.5, 0.6) is 11.5 Å². The number of hydrogen-bond acceptors (Lipinski definition) is 4. The Balaban J connectivity index is 2.50. The van der Waals surface area contributed by atoms with Crippen LogP contribution < -0.4 is 4.74 Å². The van der Waals surface area contributed by atoms with Gasteiger partial charge in [0.1, 0.15) is 16.4 Å². The molecule has 0 radical (unpaired) electrons. The summed E-state index contributed by atoms with van der Waals surface area (Å²) in [6.07, 6.45) is 1.01. The number of sulfone groups is 1. The van der Waals surface area contributed by atoms with Gasteiger partial charge in [-0.2, -0.15) is 0 Å². The van der Waals surface area contributed by atoms with Crippen LogP contribution in [0.1, 0.15) is 10.4 Å². The van der Waals surface area contributed by atoms with Crippen molar-refractivity contribution in [2.45, 2.75) is 4.90 Å². The third kappa shape index (κ3) is 3.16. The summed E-state index contributed by atoms with van der Waals surface area (Å²) >= 11 is 0. The van der Waals surface area contributed by atoms with Crippen molar-refractivity contribution in [1.29, 1.82) is 0 Å². The lowest BCUT2D eigenvalue weighted by Gasteiger charge is -2.10. The minimum atomic E-state index is -3.60. The first-order valence-corrected chi connectivity index (χ1v) is 7.57. The van der Waals surface area contributed by atoms with E-state index < -0.39 is 15.8 Å². The Kier molecular flexibility index (Phi) is 3.76. The first kappa shape index (κ1) is 14.1. The summed E-state index contributed by atoms with van der Waals surface area (Å²) in [7, 11) is -3.60. The topological polar surface area (TPSA) is 80.7 Å². The zero-order chi connectivity index (χ0) is 14.8. The van der Waals surface area contributed by atoms with Crippen molar-refractivity contribution in [2.24, 2.45) is 0 Å². The summed E-state index contributed by atoms with van der Waals surface area (Å²) in [5.41, 5.74) is -0.106. The molecule has 0 amide bonds. The second-order valence-electron chi connectivity index (χ2n) is 4.15. The maximum atomic E-state index is 11.7. The summed E-state index contributed by atoms with van der Waals surface area (Å²) in [4.78, 5) is 10.8. The second-order valence-corrected chi connectivity index (χ2v) is 6.14. The van der Waals surface area contributed by atoms with Gasteiger partial charge in [0.25, 0.3) is 0 Å². The first-order valence-electron chi connectivity index (χ1n) is 5.68. The molecule has 1 N–H and O–H groups in total. The van der Waals surface area contributed by atoms with Crippen LogP contribution in [0, 0.1) is 0 Å². The average Bonchev–Trinajstić information content (AvgIpc) is 2.39. The van der Waals surface area contributed by atoms with Gasteiger partial charge < -0.3 is 9.84 Å². The number of benzene rings is 2. The quantitative estimate of drug-likeness (QED) is 0.936. The lowest BCUT2D eigenvalue weighted by molar-refractivity contribution is 0.0696. The summed E-state index contributed by atoms with van der Waals surface area (Å²) in [5.74, 6) is -0.620. The van der Waals surface area contributed by atoms with Crippen molar-refractivity contribution < 1.29 is 23.1 Å². The maximum Gasteiger partial charge on any atom is 0.335 e. The molecule has 0 saturated heterocycles.